The number of fused-ring (bicyclic) bond motifs is 1. The van der Waals surface area contributed by atoms with Crippen molar-refractivity contribution in [3.8, 4) is 11.8 Å². The standard InChI is InChI=1S/C23H21ClN4/c1-2-3-8-23-26-22(24)16-27(23)15-17-9-11-19(12-10-17)28-20(14-25)13-18-6-4-5-7-21(18)28/h4-7,9-13,16H,2-3,8,15H2,1H3. The number of nitrogens with zero attached hydrogens (tertiary/aromatic N) is 4. The van der Waals surface area contributed by atoms with Crippen molar-refractivity contribution in [2.24, 2.45) is 0 Å². The van der Waals surface area contributed by atoms with E-state index in [1.165, 1.54) is 5.56 Å². The predicted molar refractivity (Wildman–Crippen MR) is 113 cm³/mol. The fraction of sp³-hybridized carbons (Fsp3) is 0.217. The molecular weight excluding hydrogens is 368 g/mol. The van der Waals surface area contributed by atoms with Gasteiger partial charge in [-0.3, -0.25) is 0 Å². The summed E-state index contributed by atoms with van der Waals surface area (Å²) in [4.78, 5) is 4.45. The number of unbranched alkanes of at least 4 members (excludes halogenated alkanes) is 1. The van der Waals surface area contributed by atoms with Gasteiger partial charge < -0.3 is 9.13 Å². The van der Waals surface area contributed by atoms with Gasteiger partial charge in [-0.25, -0.2) is 4.98 Å². The van der Waals surface area contributed by atoms with Crippen molar-refractivity contribution < 1.29 is 0 Å². The van der Waals surface area contributed by atoms with Gasteiger partial charge in [0.15, 0.2) is 0 Å². The number of rotatable bonds is 6. The number of aryl methyl sites for hydroxylation is 1. The summed E-state index contributed by atoms with van der Waals surface area (Å²) in [5.41, 5.74) is 3.83. The highest BCUT2D eigenvalue weighted by molar-refractivity contribution is 6.29. The largest absolute Gasteiger partial charge is 0.329 e. The summed E-state index contributed by atoms with van der Waals surface area (Å²) in [7, 11) is 0. The van der Waals surface area contributed by atoms with Crippen molar-refractivity contribution in [3.63, 3.8) is 0 Å². The summed E-state index contributed by atoms with van der Waals surface area (Å²) in [6.07, 6.45) is 5.06. The highest BCUT2D eigenvalue weighted by Gasteiger charge is 2.11. The lowest BCUT2D eigenvalue weighted by atomic mass is 10.2. The van der Waals surface area contributed by atoms with E-state index in [4.69, 9.17) is 11.6 Å². The zero-order valence-electron chi connectivity index (χ0n) is 15.8. The molecule has 0 fully saturated rings. The number of aromatic nitrogens is 3. The van der Waals surface area contributed by atoms with E-state index >= 15 is 0 Å². The number of benzene rings is 2. The molecule has 0 aliphatic heterocycles. The monoisotopic (exact) mass is 388 g/mol. The van der Waals surface area contributed by atoms with E-state index in [1.54, 1.807) is 0 Å². The van der Waals surface area contributed by atoms with E-state index in [9.17, 15) is 5.26 Å². The highest BCUT2D eigenvalue weighted by Crippen LogP contribution is 2.24. The Morgan fingerprint density at radius 3 is 2.64 bits per heavy atom. The molecule has 0 saturated carbocycles. The zero-order chi connectivity index (χ0) is 19.5. The van der Waals surface area contributed by atoms with Crippen molar-refractivity contribution in [2.45, 2.75) is 32.7 Å². The van der Waals surface area contributed by atoms with E-state index < -0.39 is 0 Å². The van der Waals surface area contributed by atoms with Gasteiger partial charge in [-0.2, -0.15) is 5.26 Å². The molecule has 0 spiro atoms. The Kier molecular flexibility index (Phi) is 5.18. The van der Waals surface area contributed by atoms with Gasteiger partial charge in [0, 0.05) is 30.2 Å². The van der Waals surface area contributed by atoms with Gasteiger partial charge in [0.1, 0.15) is 22.7 Å². The third-order valence-corrected chi connectivity index (χ3v) is 5.14. The van der Waals surface area contributed by atoms with Crippen LogP contribution in [0.4, 0.5) is 0 Å². The Bertz CT molecular complexity index is 1150. The normalized spacial score (nSPS) is 11.0. The smallest absolute Gasteiger partial charge is 0.147 e. The molecule has 4 rings (SSSR count). The number of halogens is 1. The molecule has 0 saturated heterocycles. The number of hydrogen-bond donors (Lipinski definition) is 0. The molecule has 2 heterocycles. The third-order valence-electron chi connectivity index (χ3n) is 4.96. The summed E-state index contributed by atoms with van der Waals surface area (Å²) < 4.78 is 4.12. The highest BCUT2D eigenvalue weighted by atomic mass is 35.5. The van der Waals surface area contributed by atoms with Gasteiger partial charge in [-0.1, -0.05) is 55.3 Å². The Hall–Kier alpha value is -3.03. The Labute approximate surface area is 169 Å². The molecule has 28 heavy (non-hydrogen) atoms. The second kappa shape index (κ2) is 7.92. The molecule has 0 aliphatic rings. The van der Waals surface area contributed by atoms with Crippen molar-refractivity contribution >= 4 is 22.5 Å². The van der Waals surface area contributed by atoms with Crippen LogP contribution in [0, 0.1) is 11.3 Å². The first kappa shape index (κ1) is 18.3. The van der Waals surface area contributed by atoms with Gasteiger partial charge in [-0.05, 0) is 36.2 Å². The number of hydrogen-bond acceptors (Lipinski definition) is 2. The molecule has 0 aliphatic carbocycles. The molecule has 0 unspecified atom stereocenters. The second-order valence-corrected chi connectivity index (χ2v) is 7.30. The van der Waals surface area contributed by atoms with Crippen molar-refractivity contribution in [2.75, 3.05) is 0 Å². The fourth-order valence-electron chi connectivity index (χ4n) is 3.55. The van der Waals surface area contributed by atoms with Gasteiger partial charge in [0.05, 0.1) is 5.52 Å². The lowest BCUT2D eigenvalue weighted by Crippen LogP contribution is -2.05. The summed E-state index contributed by atoms with van der Waals surface area (Å²) in [6, 6.07) is 20.6. The first-order chi connectivity index (χ1) is 13.7. The van der Waals surface area contributed by atoms with E-state index in [1.807, 2.05) is 41.1 Å². The average molecular weight is 389 g/mol. The molecule has 0 radical (unpaired) electrons. The summed E-state index contributed by atoms with van der Waals surface area (Å²) in [5.74, 6) is 1.03. The predicted octanol–water partition coefficient (Wildman–Crippen LogP) is 5.74. The maximum Gasteiger partial charge on any atom is 0.147 e. The third kappa shape index (κ3) is 3.54. The van der Waals surface area contributed by atoms with Crippen LogP contribution in [0.3, 0.4) is 0 Å². The van der Waals surface area contributed by atoms with Gasteiger partial charge in [0.25, 0.3) is 0 Å². The molecule has 0 N–H and O–H groups in total. The minimum atomic E-state index is 0.542. The topological polar surface area (TPSA) is 46.5 Å². The average Bonchev–Trinajstić information content (AvgIpc) is 3.26. The lowest BCUT2D eigenvalue weighted by Gasteiger charge is -2.10. The summed E-state index contributed by atoms with van der Waals surface area (Å²) in [6.45, 7) is 2.91. The van der Waals surface area contributed by atoms with Crippen LogP contribution < -0.4 is 0 Å². The Balaban J connectivity index is 1.63. The molecule has 4 nitrogen and oxygen atoms in total. The SMILES string of the molecule is CCCCc1nc(Cl)cn1Cc1ccc(-n2c(C#N)cc3ccccc32)cc1. The molecule has 4 aromatic rings. The molecule has 140 valence electrons. The maximum absolute atomic E-state index is 9.54. The molecule has 0 bridgehead atoms. The van der Waals surface area contributed by atoms with Crippen LogP contribution in [0.1, 0.15) is 36.8 Å². The number of imidazole rings is 1. The lowest BCUT2D eigenvalue weighted by molar-refractivity contribution is 0.678. The molecule has 2 aromatic heterocycles. The van der Waals surface area contributed by atoms with Crippen molar-refractivity contribution in [3.05, 3.63) is 83.0 Å². The van der Waals surface area contributed by atoms with Gasteiger partial charge >= 0.3 is 0 Å². The number of para-hydroxylation sites is 1. The van der Waals surface area contributed by atoms with E-state index in [0.717, 1.165) is 48.2 Å². The van der Waals surface area contributed by atoms with Crippen molar-refractivity contribution in [1.29, 1.82) is 5.26 Å². The van der Waals surface area contributed by atoms with Gasteiger partial charge in [0.2, 0.25) is 0 Å². The molecule has 2 aromatic carbocycles. The van der Waals surface area contributed by atoms with Gasteiger partial charge in [-0.15, -0.1) is 0 Å². The first-order valence-corrected chi connectivity index (χ1v) is 9.89. The van der Waals surface area contributed by atoms with Crippen LogP contribution in [-0.4, -0.2) is 14.1 Å². The van der Waals surface area contributed by atoms with Crippen LogP contribution in [-0.2, 0) is 13.0 Å². The Morgan fingerprint density at radius 2 is 1.89 bits per heavy atom. The van der Waals surface area contributed by atoms with Crippen LogP contribution in [0.25, 0.3) is 16.6 Å². The second-order valence-electron chi connectivity index (χ2n) is 6.91. The van der Waals surface area contributed by atoms with Crippen molar-refractivity contribution in [1.82, 2.24) is 14.1 Å². The molecule has 5 heteroatoms. The molecule has 0 atom stereocenters. The zero-order valence-corrected chi connectivity index (χ0v) is 16.5. The minimum absolute atomic E-state index is 0.542. The van der Waals surface area contributed by atoms with E-state index in [-0.39, 0.29) is 0 Å². The van der Waals surface area contributed by atoms with E-state index in [2.05, 4.69) is 46.8 Å². The quantitative estimate of drug-likeness (QED) is 0.422. The summed E-state index contributed by atoms with van der Waals surface area (Å²) >= 11 is 6.13. The first-order valence-electron chi connectivity index (χ1n) is 9.51. The van der Waals surface area contributed by atoms with Crippen LogP contribution >= 0.6 is 11.6 Å². The fourth-order valence-corrected chi connectivity index (χ4v) is 3.77. The molecule has 0 amide bonds. The van der Waals surface area contributed by atoms with Crippen LogP contribution in [0.2, 0.25) is 5.15 Å². The minimum Gasteiger partial charge on any atom is -0.329 e. The van der Waals surface area contributed by atoms with Crippen LogP contribution in [0.5, 0.6) is 0 Å². The van der Waals surface area contributed by atoms with E-state index in [0.29, 0.717) is 10.8 Å². The Morgan fingerprint density at radius 1 is 1.11 bits per heavy atom. The maximum atomic E-state index is 9.54. The summed E-state index contributed by atoms with van der Waals surface area (Å²) in [5, 5.41) is 11.1. The molecular formula is C23H21ClN4. The van der Waals surface area contributed by atoms with Crippen LogP contribution in [0.15, 0.2) is 60.8 Å². The number of nitriles is 1.